The van der Waals surface area contributed by atoms with E-state index in [0.717, 1.165) is 6.42 Å². The van der Waals surface area contributed by atoms with Crippen molar-refractivity contribution in [3.63, 3.8) is 0 Å². The molecule has 1 nitrogen and oxygen atoms in total. The fraction of sp³-hybridized carbons (Fsp3) is 0.529. The Kier molecular flexibility index (Phi) is 5.00. The molecule has 1 aromatic carbocycles. The van der Waals surface area contributed by atoms with Crippen LogP contribution in [0.3, 0.4) is 0 Å². The minimum absolute atomic E-state index is 0.264. The third kappa shape index (κ3) is 3.71. The van der Waals surface area contributed by atoms with Gasteiger partial charge in [-0.25, -0.2) is 0 Å². The molecular weight excluding hydrogens is 220 g/mol. The molecule has 1 fully saturated rings. The monoisotopic (exact) mass is 244 g/mol. The van der Waals surface area contributed by atoms with Crippen molar-refractivity contribution >= 4 is 0 Å². The molecule has 0 N–H and O–H groups in total. The van der Waals surface area contributed by atoms with E-state index in [1.807, 2.05) is 6.08 Å². The van der Waals surface area contributed by atoms with Crippen molar-refractivity contribution in [3.8, 4) is 0 Å². The van der Waals surface area contributed by atoms with Crippen molar-refractivity contribution < 1.29 is 4.74 Å². The van der Waals surface area contributed by atoms with Gasteiger partial charge in [0.2, 0.25) is 0 Å². The minimum atomic E-state index is 0.264. The second-order valence-electron chi connectivity index (χ2n) is 5.39. The minimum Gasteiger partial charge on any atom is -0.371 e. The highest BCUT2D eigenvalue weighted by Crippen LogP contribution is 2.27. The smallest absolute Gasteiger partial charge is 0.0782 e. The molecule has 1 heteroatoms. The highest BCUT2D eigenvalue weighted by atomic mass is 16.5. The maximum Gasteiger partial charge on any atom is 0.0782 e. The Morgan fingerprint density at radius 2 is 2.06 bits per heavy atom. The van der Waals surface area contributed by atoms with Crippen LogP contribution < -0.4 is 0 Å². The van der Waals surface area contributed by atoms with E-state index in [-0.39, 0.29) is 6.10 Å². The van der Waals surface area contributed by atoms with Gasteiger partial charge in [-0.15, -0.1) is 6.58 Å². The average molecular weight is 244 g/mol. The summed E-state index contributed by atoms with van der Waals surface area (Å²) >= 11 is 0. The largest absolute Gasteiger partial charge is 0.371 e. The molecule has 2 rings (SSSR count). The summed E-state index contributed by atoms with van der Waals surface area (Å²) < 4.78 is 6.07. The van der Waals surface area contributed by atoms with Gasteiger partial charge < -0.3 is 4.74 Å². The fourth-order valence-corrected chi connectivity index (χ4v) is 2.72. The number of hydrogen-bond acceptors (Lipinski definition) is 1. The number of aryl methyl sites for hydroxylation is 1. The van der Waals surface area contributed by atoms with Crippen molar-refractivity contribution in [2.24, 2.45) is 5.92 Å². The van der Waals surface area contributed by atoms with Crippen molar-refractivity contribution in [1.82, 2.24) is 0 Å². The highest BCUT2D eigenvalue weighted by molar-refractivity contribution is 5.14. The summed E-state index contributed by atoms with van der Waals surface area (Å²) in [6.07, 6.45) is 8.70. The van der Waals surface area contributed by atoms with Gasteiger partial charge in [0, 0.05) is 0 Å². The van der Waals surface area contributed by atoms with Gasteiger partial charge >= 0.3 is 0 Å². The lowest BCUT2D eigenvalue weighted by atomic mass is 9.91. The topological polar surface area (TPSA) is 9.23 Å². The molecule has 98 valence electrons. The first-order chi connectivity index (χ1) is 8.79. The zero-order valence-corrected chi connectivity index (χ0v) is 11.3. The lowest BCUT2D eigenvalue weighted by molar-refractivity contribution is -0.0573. The lowest BCUT2D eigenvalue weighted by Gasteiger charge is -2.33. The summed E-state index contributed by atoms with van der Waals surface area (Å²) in [5.74, 6) is 0.632. The first-order valence-corrected chi connectivity index (χ1v) is 7.11. The van der Waals surface area contributed by atoms with Gasteiger partial charge in [-0.05, 0) is 43.6 Å². The Hall–Kier alpha value is -1.08. The summed E-state index contributed by atoms with van der Waals surface area (Å²) in [7, 11) is 0. The molecular formula is C17H24O. The van der Waals surface area contributed by atoms with Crippen LogP contribution in [0.1, 0.15) is 38.2 Å². The van der Waals surface area contributed by atoms with E-state index in [0.29, 0.717) is 12.0 Å². The first kappa shape index (κ1) is 13.4. The Bertz CT molecular complexity index is 357. The molecule has 1 aliphatic rings. The highest BCUT2D eigenvalue weighted by Gasteiger charge is 2.25. The molecule has 18 heavy (non-hydrogen) atoms. The number of rotatable bonds is 5. The van der Waals surface area contributed by atoms with Gasteiger partial charge in [0.1, 0.15) is 0 Å². The molecule has 3 atom stereocenters. The molecule has 1 aliphatic heterocycles. The molecule has 0 radical (unpaired) electrons. The summed E-state index contributed by atoms with van der Waals surface area (Å²) in [5, 5.41) is 0. The van der Waals surface area contributed by atoms with Crippen LogP contribution in [0.15, 0.2) is 43.0 Å². The molecule has 1 aromatic rings. The Labute approximate surface area is 111 Å². The summed E-state index contributed by atoms with van der Waals surface area (Å²) in [4.78, 5) is 0. The van der Waals surface area contributed by atoms with Crippen molar-refractivity contribution in [2.75, 3.05) is 0 Å². The lowest BCUT2D eigenvalue weighted by Crippen LogP contribution is -2.32. The molecule has 0 unspecified atom stereocenters. The molecule has 0 aliphatic carbocycles. The number of hydrogen-bond donors (Lipinski definition) is 0. The second-order valence-corrected chi connectivity index (χ2v) is 5.39. The predicted molar refractivity (Wildman–Crippen MR) is 76.6 cm³/mol. The van der Waals surface area contributed by atoms with Crippen molar-refractivity contribution in [2.45, 2.75) is 51.2 Å². The molecule has 0 amide bonds. The van der Waals surface area contributed by atoms with Gasteiger partial charge in [0.25, 0.3) is 0 Å². The zero-order valence-electron chi connectivity index (χ0n) is 11.3. The summed E-state index contributed by atoms with van der Waals surface area (Å²) in [5.41, 5.74) is 1.43. The predicted octanol–water partition coefficient (Wildman–Crippen LogP) is 4.38. The summed E-state index contributed by atoms with van der Waals surface area (Å²) in [6, 6.07) is 10.7. The normalized spacial score (nSPS) is 27.9. The van der Waals surface area contributed by atoms with Crippen LogP contribution in [0.2, 0.25) is 0 Å². The van der Waals surface area contributed by atoms with E-state index >= 15 is 0 Å². The average Bonchev–Trinajstić information content (AvgIpc) is 2.42. The van der Waals surface area contributed by atoms with Crippen LogP contribution >= 0.6 is 0 Å². The van der Waals surface area contributed by atoms with E-state index in [1.54, 1.807) is 0 Å². The third-order valence-corrected chi connectivity index (χ3v) is 3.92. The molecule has 1 saturated heterocycles. The number of benzene rings is 1. The Morgan fingerprint density at radius 3 is 2.78 bits per heavy atom. The van der Waals surface area contributed by atoms with E-state index in [2.05, 4.69) is 43.8 Å². The van der Waals surface area contributed by atoms with E-state index in [4.69, 9.17) is 4.74 Å². The third-order valence-electron chi connectivity index (χ3n) is 3.92. The van der Waals surface area contributed by atoms with Gasteiger partial charge in [-0.1, -0.05) is 43.3 Å². The second kappa shape index (κ2) is 6.75. The molecule has 1 heterocycles. The van der Waals surface area contributed by atoms with E-state index in [9.17, 15) is 0 Å². The van der Waals surface area contributed by atoms with E-state index in [1.165, 1.54) is 31.2 Å². The first-order valence-electron chi connectivity index (χ1n) is 7.11. The van der Waals surface area contributed by atoms with Crippen LogP contribution in [-0.2, 0) is 11.2 Å². The van der Waals surface area contributed by atoms with Crippen molar-refractivity contribution in [3.05, 3.63) is 48.6 Å². The van der Waals surface area contributed by atoms with Gasteiger partial charge in [-0.3, -0.25) is 0 Å². The number of ether oxygens (including phenoxy) is 1. The Morgan fingerprint density at radius 1 is 1.28 bits per heavy atom. The maximum atomic E-state index is 6.07. The van der Waals surface area contributed by atoms with Crippen molar-refractivity contribution in [1.29, 1.82) is 0 Å². The van der Waals surface area contributed by atoms with Gasteiger partial charge in [-0.2, -0.15) is 0 Å². The fourth-order valence-electron chi connectivity index (χ4n) is 2.72. The molecule has 0 spiro atoms. The van der Waals surface area contributed by atoms with Crippen LogP contribution in [0.4, 0.5) is 0 Å². The van der Waals surface area contributed by atoms with Gasteiger partial charge in [0.05, 0.1) is 12.2 Å². The van der Waals surface area contributed by atoms with Crippen LogP contribution in [0.5, 0.6) is 0 Å². The van der Waals surface area contributed by atoms with Gasteiger partial charge in [0.15, 0.2) is 0 Å². The van der Waals surface area contributed by atoms with Crippen LogP contribution in [0.25, 0.3) is 0 Å². The molecule has 0 bridgehead atoms. The molecule has 0 saturated carbocycles. The Balaban J connectivity index is 1.72. The summed E-state index contributed by atoms with van der Waals surface area (Å²) in [6.45, 7) is 6.13. The quantitative estimate of drug-likeness (QED) is 0.698. The van der Waals surface area contributed by atoms with E-state index < -0.39 is 0 Å². The zero-order chi connectivity index (χ0) is 12.8. The standard InChI is InChI=1S/C17H24O/c1-3-17-14(2)12-13-16(18-17)11-7-10-15-8-5-4-6-9-15/h3-6,8-9,14,16-17H,1,7,10-13H2,2H3/t14-,16-,17+/m1/s1. The SMILES string of the molecule is C=C[C@@H]1O[C@H](CCCc2ccccc2)CC[C@H]1C. The molecule has 0 aromatic heterocycles. The van der Waals surface area contributed by atoms with Crippen LogP contribution in [0, 0.1) is 5.92 Å². The van der Waals surface area contributed by atoms with Crippen LogP contribution in [-0.4, -0.2) is 12.2 Å². The maximum absolute atomic E-state index is 6.07.